The number of rotatable bonds is 2. The summed E-state index contributed by atoms with van der Waals surface area (Å²) in [6, 6.07) is 6.75. The highest BCUT2D eigenvalue weighted by atomic mass is 16.5. The van der Waals surface area contributed by atoms with E-state index in [2.05, 4.69) is 59.7 Å². The Balaban J connectivity index is 2.41. The first-order valence-electron chi connectivity index (χ1n) is 6.99. The van der Waals surface area contributed by atoms with E-state index in [1.165, 1.54) is 24.0 Å². The van der Waals surface area contributed by atoms with E-state index < -0.39 is 0 Å². The van der Waals surface area contributed by atoms with E-state index in [1.54, 1.807) is 0 Å². The summed E-state index contributed by atoms with van der Waals surface area (Å²) in [6.07, 6.45) is 2.88. The molecule has 2 rings (SSSR count). The second kappa shape index (κ2) is 4.29. The Kier molecular flexibility index (Phi) is 3.21. The van der Waals surface area contributed by atoms with Gasteiger partial charge in [0.25, 0.3) is 0 Å². The van der Waals surface area contributed by atoms with Crippen LogP contribution in [0.5, 0.6) is 5.75 Å². The number of ether oxygens (including phenoxy) is 1. The predicted octanol–water partition coefficient (Wildman–Crippen LogP) is 4.82. The fourth-order valence-corrected chi connectivity index (χ4v) is 2.07. The van der Waals surface area contributed by atoms with E-state index in [9.17, 15) is 0 Å². The standard InChI is InChI=1S/C17H26O/c1-16(2,3)12-7-10-14(17(4,5)6)15(11-12)18-13-8-9-13/h7,10-11,13H,8-9H2,1-6H3. The van der Waals surface area contributed by atoms with Crippen molar-refractivity contribution in [3.8, 4) is 5.75 Å². The van der Waals surface area contributed by atoms with E-state index in [0.29, 0.717) is 6.10 Å². The zero-order valence-corrected chi connectivity index (χ0v) is 12.6. The zero-order chi connectivity index (χ0) is 13.6. The third-order valence-electron chi connectivity index (χ3n) is 3.47. The maximum atomic E-state index is 6.12. The fraction of sp³-hybridized carbons (Fsp3) is 0.647. The Hall–Kier alpha value is -0.980. The van der Waals surface area contributed by atoms with Crippen LogP contribution in [0.2, 0.25) is 0 Å². The molecule has 0 saturated heterocycles. The molecule has 0 aromatic heterocycles. The summed E-state index contributed by atoms with van der Waals surface area (Å²) in [4.78, 5) is 0. The summed E-state index contributed by atoms with van der Waals surface area (Å²) in [5, 5.41) is 0. The molecule has 100 valence electrons. The molecule has 1 aliphatic rings. The van der Waals surface area contributed by atoms with Gasteiger partial charge in [0.15, 0.2) is 0 Å². The highest BCUT2D eigenvalue weighted by Crippen LogP contribution is 2.38. The molecule has 1 fully saturated rings. The average molecular weight is 246 g/mol. The van der Waals surface area contributed by atoms with Gasteiger partial charge in [-0.15, -0.1) is 0 Å². The molecule has 0 spiro atoms. The van der Waals surface area contributed by atoms with Crippen LogP contribution in [0.1, 0.15) is 65.5 Å². The van der Waals surface area contributed by atoms with Crippen molar-refractivity contribution >= 4 is 0 Å². The van der Waals surface area contributed by atoms with Crippen LogP contribution < -0.4 is 4.74 Å². The topological polar surface area (TPSA) is 9.23 Å². The first-order chi connectivity index (χ1) is 8.18. The quantitative estimate of drug-likeness (QED) is 0.726. The van der Waals surface area contributed by atoms with Gasteiger partial charge in [-0.25, -0.2) is 0 Å². The van der Waals surface area contributed by atoms with E-state index in [-0.39, 0.29) is 10.8 Å². The summed E-state index contributed by atoms with van der Waals surface area (Å²) in [5.74, 6) is 1.09. The van der Waals surface area contributed by atoms with Gasteiger partial charge in [-0.05, 0) is 40.9 Å². The van der Waals surface area contributed by atoms with E-state index >= 15 is 0 Å². The Bertz CT molecular complexity index is 428. The van der Waals surface area contributed by atoms with Crippen LogP contribution in [0.25, 0.3) is 0 Å². The van der Waals surface area contributed by atoms with Gasteiger partial charge in [0, 0.05) is 0 Å². The number of benzene rings is 1. The van der Waals surface area contributed by atoms with Crippen molar-refractivity contribution in [2.24, 2.45) is 0 Å². The summed E-state index contributed by atoms with van der Waals surface area (Å²) < 4.78 is 6.12. The maximum Gasteiger partial charge on any atom is 0.123 e. The maximum absolute atomic E-state index is 6.12. The Morgan fingerprint density at radius 1 is 0.944 bits per heavy atom. The molecule has 0 heterocycles. The van der Waals surface area contributed by atoms with E-state index in [1.807, 2.05) is 0 Å². The first kappa shape index (κ1) is 13.5. The van der Waals surface area contributed by atoms with Crippen molar-refractivity contribution in [3.63, 3.8) is 0 Å². The first-order valence-corrected chi connectivity index (χ1v) is 6.99. The van der Waals surface area contributed by atoms with Crippen LogP contribution in [0.3, 0.4) is 0 Å². The predicted molar refractivity (Wildman–Crippen MR) is 77.5 cm³/mol. The monoisotopic (exact) mass is 246 g/mol. The van der Waals surface area contributed by atoms with Crippen LogP contribution >= 0.6 is 0 Å². The summed E-state index contributed by atoms with van der Waals surface area (Å²) in [6.45, 7) is 13.5. The summed E-state index contributed by atoms with van der Waals surface area (Å²) >= 11 is 0. The molecule has 1 saturated carbocycles. The van der Waals surface area contributed by atoms with Crippen molar-refractivity contribution in [1.29, 1.82) is 0 Å². The third-order valence-corrected chi connectivity index (χ3v) is 3.47. The lowest BCUT2D eigenvalue weighted by atomic mass is 9.81. The van der Waals surface area contributed by atoms with Crippen LogP contribution in [-0.4, -0.2) is 6.10 Å². The molecule has 1 aromatic rings. The van der Waals surface area contributed by atoms with Crippen molar-refractivity contribution in [1.82, 2.24) is 0 Å². The minimum absolute atomic E-state index is 0.140. The van der Waals surface area contributed by atoms with Gasteiger partial charge in [0.2, 0.25) is 0 Å². The van der Waals surface area contributed by atoms with Crippen molar-refractivity contribution in [2.75, 3.05) is 0 Å². The normalized spacial score (nSPS) is 16.8. The van der Waals surface area contributed by atoms with Crippen LogP contribution in [0.15, 0.2) is 18.2 Å². The molecule has 1 heteroatoms. The van der Waals surface area contributed by atoms with Crippen LogP contribution in [0, 0.1) is 0 Å². The van der Waals surface area contributed by atoms with Crippen molar-refractivity contribution in [3.05, 3.63) is 29.3 Å². The Morgan fingerprint density at radius 3 is 2.00 bits per heavy atom. The molecule has 0 amide bonds. The fourth-order valence-electron chi connectivity index (χ4n) is 2.07. The SMILES string of the molecule is CC(C)(C)c1ccc(C(C)(C)C)c(OC2CC2)c1. The molecule has 1 nitrogen and oxygen atoms in total. The van der Waals surface area contributed by atoms with Gasteiger partial charge in [0.05, 0.1) is 6.10 Å². The molecule has 0 radical (unpaired) electrons. The van der Waals surface area contributed by atoms with Gasteiger partial charge >= 0.3 is 0 Å². The lowest BCUT2D eigenvalue weighted by Gasteiger charge is -2.26. The van der Waals surface area contributed by atoms with Crippen molar-refractivity contribution in [2.45, 2.75) is 71.3 Å². The van der Waals surface area contributed by atoms with E-state index in [0.717, 1.165) is 5.75 Å². The Labute approximate surface area is 112 Å². The van der Waals surface area contributed by atoms with Gasteiger partial charge < -0.3 is 4.74 Å². The van der Waals surface area contributed by atoms with Crippen molar-refractivity contribution < 1.29 is 4.74 Å². The van der Waals surface area contributed by atoms with Crippen LogP contribution in [0.4, 0.5) is 0 Å². The third kappa shape index (κ3) is 3.07. The molecule has 1 aromatic carbocycles. The zero-order valence-electron chi connectivity index (χ0n) is 12.6. The molecular weight excluding hydrogens is 220 g/mol. The lowest BCUT2D eigenvalue weighted by molar-refractivity contribution is 0.294. The molecule has 0 atom stereocenters. The molecule has 0 bridgehead atoms. The van der Waals surface area contributed by atoms with E-state index in [4.69, 9.17) is 4.74 Å². The minimum atomic E-state index is 0.140. The van der Waals surface area contributed by atoms with Gasteiger partial charge in [-0.1, -0.05) is 53.7 Å². The smallest absolute Gasteiger partial charge is 0.123 e. The lowest BCUT2D eigenvalue weighted by Crippen LogP contribution is -2.17. The summed E-state index contributed by atoms with van der Waals surface area (Å²) in [7, 11) is 0. The largest absolute Gasteiger partial charge is 0.490 e. The highest BCUT2D eigenvalue weighted by Gasteiger charge is 2.28. The average Bonchev–Trinajstić information content (AvgIpc) is 2.98. The summed E-state index contributed by atoms with van der Waals surface area (Å²) in [5.41, 5.74) is 2.99. The molecule has 1 aliphatic carbocycles. The number of hydrogen-bond donors (Lipinski definition) is 0. The molecule has 0 aliphatic heterocycles. The highest BCUT2D eigenvalue weighted by molar-refractivity contribution is 5.43. The minimum Gasteiger partial charge on any atom is -0.490 e. The van der Waals surface area contributed by atoms with Gasteiger partial charge in [-0.3, -0.25) is 0 Å². The number of hydrogen-bond acceptors (Lipinski definition) is 1. The second-order valence-corrected chi connectivity index (χ2v) is 7.53. The Morgan fingerprint density at radius 2 is 1.56 bits per heavy atom. The molecule has 18 heavy (non-hydrogen) atoms. The molecule has 0 unspecified atom stereocenters. The van der Waals surface area contributed by atoms with Gasteiger partial charge in [-0.2, -0.15) is 0 Å². The van der Waals surface area contributed by atoms with Gasteiger partial charge in [0.1, 0.15) is 5.75 Å². The second-order valence-electron chi connectivity index (χ2n) is 7.53. The molecular formula is C17H26O. The van der Waals surface area contributed by atoms with Crippen LogP contribution in [-0.2, 0) is 10.8 Å². The molecule has 0 N–H and O–H groups in total.